The van der Waals surface area contributed by atoms with Crippen molar-refractivity contribution in [3.63, 3.8) is 0 Å². The lowest BCUT2D eigenvalue weighted by atomic mass is 10.1. The fourth-order valence-electron chi connectivity index (χ4n) is 1.38. The van der Waals surface area contributed by atoms with Crippen molar-refractivity contribution < 1.29 is 14.6 Å². The van der Waals surface area contributed by atoms with Gasteiger partial charge in [-0.1, -0.05) is 0 Å². The van der Waals surface area contributed by atoms with Crippen LogP contribution in [0, 0.1) is 5.92 Å². The van der Waals surface area contributed by atoms with Gasteiger partial charge in [-0.3, -0.25) is 0 Å². The molecule has 0 saturated carbocycles. The Morgan fingerprint density at radius 2 is 2.55 bits per heavy atom. The van der Waals surface area contributed by atoms with E-state index in [1.165, 1.54) is 4.90 Å². The van der Waals surface area contributed by atoms with Crippen LogP contribution in [0.4, 0.5) is 4.79 Å². The van der Waals surface area contributed by atoms with Crippen molar-refractivity contribution in [1.82, 2.24) is 4.90 Å². The highest BCUT2D eigenvalue weighted by Gasteiger charge is 2.25. The third kappa shape index (κ3) is 2.08. The number of hydrogen-bond donors (Lipinski definition) is 1. The molecule has 11 heavy (non-hydrogen) atoms. The molecule has 0 aliphatic carbocycles. The van der Waals surface area contributed by atoms with E-state index in [4.69, 9.17) is 9.84 Å². The zero-order valence-corrected chi connectivity index (χ0v) is 6.62. The molecule has 0 aromatic carbocycles. The molecule has 4 heteroatoms. The summed E-state index contributed by atoms with van der Waals surface area (Å²) in [5, 5.41) is 8.58. The number of rotatable bonds is 2. The molecule has 0 radical (unpaired) electrons. The Hall–Kier alpha value is -0.770. The molecule has 1 amide bonds. The maximum atomic E-state index is 10.4. The summed E-state index contributed by atoms with van der Waals surface area (Å²) < 4.78 is 4.93. The summed E-state index contributed by atoms with van der Waals surface area (Å²) in [7, 11) is 1.64. The van der Waals surface area contributed by atoms with E-state index in [0.717, 1.165) is 6.42 Å². The molecule has 1 unspecified atom stereocenters. The molecular formula is C7H13NO3. The Morgan fingerprint density at radius 3 is 3.00 bits per heavy atom. The second-order valence-corrected chi connectivity index (χ2v) is 2.84. The third-order valence-corrected chi connectivity index (χ3v) is 1.96. The lowest BCUT2D eigenvalue weighted by Gasteiger charge is -2.10. The van der Waals surface area contributed by atoms with Crippen molar-refractivity contribution in [2.24, 2.45) is 5.92 Å². The standard InChI is InChI=1S/C7H13NO3/c1-11-5-6-2-3-8(4-6)7(9)10/h6H,2-5H2,1H3,(H,9,10). The lowest BCUT2D eigenvalue weighted by Crippen LogP contribution is -2.27. The summed E-state index contributed by atoms with van der Waals surface area (Å²) in [5.74, 6) is 0.399. The molecule has 1 rings (SSSR count). The summed E-state index contributed by atoms with van der Waals surface area (Å²) in [6.45, 7) is 1.95. The fraction of sp³-hybridized carbons (Fsp3) is 0.857. The molecule has 1 fully saturated rings. The van der Waals surface area contributed by atoms with E-state index in [1.807, 2.05) is 0 Å². The predicted octanol–water partition coefficient (Wildman–Crippen LogP) is 0.633. The van der Waals surface area contributed by atoms with Gasteiger partial charge < -0.3 is 14.7 Å². The molecular weight excluding hydrogens is 146 g/mol. The van der Waals surface area contributed by atoms with Crippen LogP contribution in [0.2, 0.25) is 0 Å². The van der Waals surface area contributed by atoms with Gasteiger partial charge in [-0.15, -0.1) is 0 Å². The highest BCUT2D eigenvalue weighted by molar-refractivity contribution is 5.65. The van der Waals surface area contributed by atoms with Gasteiger partial charge in [-0.25, -0.2) is 4.79 Å². The molecule has 0 spiro atoms. The topological polar surface area (TPSA) is 49.8 Å². The van der Waals surface area contributed by atoms with Crippen molar-refractivity contribution in [3.8, 4) is 0 Å². The molecule has 64 valence electrons. The number of methoxy groups -OCH3 is 1. The quantitative estimate of drug-likeness (QED) is 0.643. The lowest BCUT2D eigenvalue weighted by molar-refractivity contribution is 0.139. The fourth-order valence-corrected chi connectivity index (χ4v) is 1.38. The number of amides is 1. The van der Waals surface area contributed by atoms with Crippen LogP contribution in [-0.2, 0) is 4.74 Å². The van der Waals surface area contributed by atoms with E-state index >= 15 is 0 Å². The van der Waals surface area contributed by atoms with Gasteiger partial charge in [-0.05, 0) is 6.42 Å². The number of hydrogen-bond acceptors (Lipinski definition) is 2. The number of carboxylic acid groups (broad SMARTS) is 1. The number of ether oxygens (including phenoxy) is 1. The summed E-state index contributed by atoms with van der Waals surface area (Å²) in [6, 6.07) is 0. The molecule has 4 nitrogen and oxygen atoms in total. The summed E-state index contributed by atoms with van der Waals surface area (Å²) in [6.07, 6.45) is 0.115. The maximum Gasteiger partial charge on any atom is 0.407 e. The summed E-state index contributed by atoms with van der Waals surface area (Å²) >= 11 is 0. The number of carbonyl (C=O) groups is 1. The molecule has 0 bridgehead atoms. The highest BCUT2D eigenvalue weighted by Crippen LogP contribution is 2.15. The van der Waals surface area contributed by atoms with Crippen LogP contribution in [-0.4, -0.2) is 42.9 Å². The van der Waals surface area contributed by atoms with Crippen LogP contribution >= 0.6 is 0 Å². The minimum absolute atomic E-state index is 0.399. The predicted molar refractivity (Wildman–Crippen MR) is 39.6 cm³/mol. The largest absolute Gasteiger partial charge is 0.465 e. The molecule has 1 heterocycles. The molecule has 1 saturated heterocycles. The smallest absolute Gasteiger partial charge is 0.407 e. The minimum Gasteiger partial charge on any atom is -0.465 e. The molecule has 1 atom stereocenters. The van der Waals surface area contributed by atoms with E-state index < -0.39 is 6.09 Å². The normalized spacial score (nSPS) is 24.1. The molecule has 0 aromatic heterocycles. The maximum absolute atomic E-state index is 10.4. The van der Waals surface area contributed by atoms with E-state index in [9.17, 15) is 4.79 Å². The molecule has 1 aliphatic heterocycles. The van der Waals surface area contributed by atoms with Gasteiger partial charge in [0.15, 0.2) is 0 Å². The van der Waals surface area contributed by atoms with Gasteiger partial charge in [0.25, 0.3) is 0 Å². The first-order valence-corrected chi connectivity index (χ1v) is 3.71. The molecule has 0 aromatic rings. The van der Waals surface area contributed by atoms with Gasteiger partial charge in [0, 0.05) is 26.1 Å². The first kappa shape index (κ1) is 8.33. The van der Waals surface area contributed by atoms with Gasteiger partial charge in [0.2, 0.25) is 0 Å². The Morgan fingerprint density at radius 1 is 1.82 bits per heavy atom. The van der Waals surface area contributed by atoms with Crippen LogP contribution in [0.25, 0.3) is 0 Å². The second-order valence-electron chi connectivity index (χ2n) is 2.84. The molecule has 1 N–H and O–H groups in total. The van der Waals surface area contributed by atoms with Gasteiger partial charge in [0.05, 0.1) is 6.61 Å². The van der Waals surface area contributed by atoms with Crippen molar-refractivity contribution in [2.75, 3.05) is 26.8 Å². The van der Waals surface area contributed by atoms with E-state index in [1.54, 1.807) is 7.11 Å². The van der Waals surface area contributed by atoms with Crippen molar-refractivity contribution in [2.45, 2.75) is 6.42 Å². The van der Waals surface area contributed by atoms with Crippen LogP contribution in [0.3, 0.4) is 0 Å². The van der Waals surface area contributed by atoms with Gasteiger partial charge in [-0.2, -0.15) is 0 Å². The number of nitrogens with zero attached hydrogens (tertiary/aromatic N) is 1. The Labute approximate surface area is 65.8 Å². The van der Waals surface area contributed by atoms with Gasteiger partial charge >= 0.3 is 6.09 Å². The van der Waals surface area contributed by atoms with Gasteiger partial charge in [0.1, 0.15) is 0 Å². The van der Waals surface area contributed by atoms with Crippen LogP contribution in [0.1, 0.15) is 6.42 Å². The zero-order chi connectivity index (χ0) is 8.27. The van der Waals surface area contributed by atoms with Crippen molar-refractivity contribution >= 4 is 6.09 Å². The van der Waals surface area contributed by atoms with Crippen LogP contribution in [0.15, 0.2) is 0 Å². The Kier molecular flexibility index (Phi) is 2.70. The van der Waals surface area contributed by atoms with Crippen LogP contribution in [0.5, 0.6) is 0 Å². The minimum atomic E-state index is -0.816. The Bertz CT molecular complexity index is 149. The average Bonchev–Trinajstić information content (AvgIpc) is 2.37. The first-order chi connectivity index (χ1) is 5.24. The van der Waals surface area contributed by atoms with Crippen molar-refractivity contribution in [3.05, 3.63) is 0 Å². The molecule has 1 aliphatic rings. The number of likely N-dealkylation sites (tertiary alicyclic amines) is 1. The van der Waals surface area contributed by atoms with Crippen molar-refractivity contribution in [1.29, 1.82) is 0 Å². The van der Waals surface area contributed by atoms with E-state index in [0.29, 0.717) is 25.6 Å². The second kappa shape index (κ2) is 3.57. The highest BCUT2D eigenvalue weighted by atomic mass is 16.5. The average molecular weight is 159 g/mol. The van der Waals surface area contributed by atoms with E-state index in [2.05, 4.69) is 0 Å². The summed E-state index contributed by atoms with van der Waals surface area (Å²) in [4.78, 5) is 11.9. The van der Waals surface area contributed by atoms with Crippen LogP contribution < -0.4 is 0 Å². The monoisotopic (exact) mass is 159 g/mol. The van der Waals surface area contributed by atoms with E-state index in [-0.39, 0.29) is 0 Å². The zero-order valence-electron chi connectivity index (χ0n) is 6.62. The summed E-state index contributed by atoms with van der Waals surface area (Å²) in [5.41, 5.74) is 0. The first-order valence-electron chi connectivity index (χ1n) is 3.71. The third-order valence-electron chi connectivity index (χ3n) is 1.96. The Balaban J connectivity index is 2.29. The SMILES string of the molecule is COCC1CCN(C(=O)O)C1.